The van der Waals surface area contributed by atoms with Crippen molar-refractivity contribution < 1.29 is 13.3 Å². The molecule has 0 saturated heterocycles. The molecule has 2 aromatic heterocycles. The zero-order valence-electron chi connectivity index (χ0n) is 9.78. The predicted octanol–water partition coefficient (Wildman–Crippen LogP) is 2.72. The van der Waals surface area contributed by atoms with Gasteiger partial charge in [0.25, 0.3) is 0 Å². The number of imidazole rings is 1. The summed E-state index contributed by atoms with van der Waals surface area (Å²) in [5.74, 6) is -1.14. The molecule has 8 heteroatoms. The van der Waals surface area contributed by atoms with E-state index >= 15 is 0 Å². The van der Waals surface area contributed by atoms with Crippen LogP contribution in [0.4, 0.5) is 8.78 Å². The van der Waals surface area contributed by atoms with E-state index in [4.69, 9.17) is 16.7 Å². The van der Waals surface area contributed by atoms with E-state index < -0.39 is 11.6 Å². The lowest BCUT2D eigenvalue weighted by Gasteiger charge is -2.02. The van der Waals surface area contributed by atoms with Crippen LogP contribution in [0, 0.1) is 23.3 Å². The van der Waals surface area contributed by atoms with Crippen molar-refractivity contribution in [2.45, 2.75) is 13.5 Å². The molecule has 1 aromatic carbocycles. The molecule has 0 bridgehead atoms. The number of nitrogens with one attached hydrogen (secondary N) is 1. The molecule has 5 nitrogen and oxygen atoms in total. The lowest BCUT2D eigenvalue weighted by atomic mass is 10.3. The summed E-state index contributed by atoms with van der Waals surface area (Å²) in [4.78, 5) is 6.82. The minimum atomic E-state index is -0.954. The van der Waals surface area contributed by atoms with Gasteiger partial charge in [-0.3, -0.25) is 0 Å². The van der Waals surface area contributed by atoms with Crippen molar-refractivity contribution in [2.75, 3.05) is 0 Å². The third-order valence-corrected chi connectivity index (χ3v) is 3.02. The average Bonchev–Trinajstić information content (AvgIpc) is 2.90. The number of benzene rings is 1. The summed E-state index contributed by atoms with van der Waals surface area (Å²) in [6.07, 6.45) is 0. The molecule has 1 N–H and O–H groups in total. The van der Waals surface area contributed by atoms with E-state index in [0.717, 1.165) is 6.07 Å². The number of hydrogen-bond acceptors (Lipinski definition) is 4. The number of aromatic nitrogens is 4. The normalized spacial score (nSPS) is 11.3. The van der Waals surface area contributed by atoms with Gasteiger partial charge in [-0.15, -0.1) is 0 Å². The molecule has 0 atom stereocenters. The summed E-state index contributed by atoms with van der Waals surface area (Å²) in [6.45, 7) is 1.75. The van der Waals surface area contributed by atoms with Gasteiger partial charge in [-0.05, 0) is 24.4 Å². The van der Waals surface area contributed by atoms with Gasteiger partial charge in [-0.25, -0.2) is 8.78 Å². The molecule has 0 amide bonds. The molecule has 0 aliphatic heterocycles. The maximum Gasteiger partial charge on any atom is 0.223 e. The summed E-state index contributed by atoms with van der Waals surface area (Å²) >= 11 is 5.09. The second kappa shape index (κ2) is 4.23. The van der Waals surface area contributed by atoms with Crippen molar-refractivity contribution >= 4 is 23.3 Å². The van der Waals surface area contributed by atoms with Gasteiger partial charge in [0.1, 0.15) is 5.52 Å². The summed E-state index contributed by atoms with van der Waals surface area (Å²) in [5.41, 5.74) is 0.483. The number of nitrogens with zero attached hydrogens (tertiary/aromatic N) is 3. The first kappa shape index (κ1) is 12.0. The van der Waals surface area contributed by atoms with Crippen molar-refractivity contribution in [3.05, 3.63) is 40.3 Å². The van der Waals surface area contributed by atoms with Crippen LogP contribution >= 0.6 is 12.2 Å². The van der Waals surface area contributed by atoms with E-state index in [1.54, 1.807) is 6.92 Å². The van der Waals surface area contributed by atoms with Crippen LogP contribution in [-0.2, 0) is 6.54 Å². The molecule has 0 unspecified atom stereocenters. The van der Waals surface area contributed by atoms with E-state index in [9.17, 15) is 8.78 Å². The lowest BCUT2D eigenvalue weighted by Crippen LogP contribution is -2.03. The van der Waals surface area contributed by atoms with Crippen LogP contribution < -0.4 is 0 Å². The van der Waals surface area contributed by atoms with Crippen LogP contribution in [0.3, 0.4) is 0 Å². The van der Waals surface area contributed by atoms with Gasteiger partial charge < -0.3 is 14.1 Å². The second-order valence-corrected chi connectivity index (χ2v) is 4.39. The van der Waals surface area contributed by atoms with Gasteiger partial charge in [0, 0.05) is 6.92 Å². The number of aromatic amines is 1. The molecule has 0 saturated carbocycles. The Balaban J connectivity index is 2.20. The molecular weight excluding hydrogens is 274 g/mol. The Kier molecular flexibility index (Phi) is 2.67. The fourth-order valence-corrected chi connectivity index (χ4v) is 2.15. The Morgan fingerprint density at radius 2 is 2.21 bits per heavy atom. The fourth-order valence-electron chi connectivity index (χ4n) is 1.89. The fraction of sp³-hybridized carbons (Fsp3) is 0.182. The first-order chi connectivity index (χ1) is 9.06. The SMILES string of the molecule is Cc1nc(Cn2c(=S)[nH]c3ccc(F)c(F)c32)no1. The lowest BCUT2D eigenvalue weighted by molar-refractivity contribution is 0.386. The van der Waals surface area contributed by atoms with Gasteiger partial charge >= 0.3 is 0 Å². The van der Waals surface area contributed by atoms with Gasteiger partial charge in [-0.1, -0.05) is 5.16 Å². The number of hydrogen-bond donors (Lipinski definition) is 1. The summed E-state index contributed by atoms with van der Waals surface area (Å²) < 4.78 is 33.6. The smallest absolute Gasteiger partial charge is 0.223 e. The van der Waals surface area contributed by atoms with Crippen LogP contribution in [0.25, 0.3) is 11.0 Å². The maximum absolute atomic E-state index is 13.9. The topological polar surface area (TPSA) is 59.6 Å². The third kappa shape index (κ3) is 1.93. The number of rotatable bonds is 2. The molecule has 0 fully saturated rings. The molecule has 0 radical (unpaired) electrons. The average molecular weight is 282 g/mol. The molecule has 0 aliphatic rings. The van der Waals surface area contributed by atoms with Gasteiger partial charge in [0.2, 0.25) is 5.89 Å². The molecule has 3 aromatic rings. The van der Waals surface area contributed by atoms with Crippen LogP contribution in [-0.4, -0.2) is 19.7 Å². The highest BCUT2D eigenvalue weighted by Gasteiger charge is 2.15. The maximum atomic E-state index is 13.9. The highest BCUT2D eigenvalue weighted by molar-refractivity contribution is 7.71. The van der Waals surface area contributed by atoms with E-state index in [0.29, 0.717) is 17.2 Å². The van der Waals surface area contributed by atoms with Crippen LogP contribution in [0.1, 0.15) is 11.7 Å². The van der Waals surface area contributed by atoms with Crippen molar-refractivity contribution in [3.8, 4) is 0 Å². The minimum absolute atomic E-state index is 0.0625. The Morgan fingerprint density at radius 1 is 1.42 bits per heavy atom. The van der Waals surface area contributed by atoms with Gasteiger partial charge in [0.15, 0.2) is 22.2 Å². The predicted molar refractivity (Wildman–Crippen MR) is 65.2 cm³/mol. The highest BCUT2D eigenvalue weighted by atomic mass is 32.1. The number of halogens is 2. The molecule has 3 rings (SSSR count). The number of H-pyrrole nitrogens is 1. The molecule has 19 heavy (non-hydrogen) atoms. The quantitative estimate of drug-likeness (QED) is 0.734. The van der Waals surface area contributed by atoms with Gasteiger partial charge in [0.05, 0.1) is 12.1 Å². The zero-order chi connectivity index (χ0) is 13.6. The molecular formula is C11H8F2N4OS. The third-order valence-electron chi connectivity index (χ3n) is 2.69. The molecule has 0 spiro atoms. The Hall–Kier alpha value is -2.09. The first-order valence-electron chi connectivity index (χ1n) is 5.42. The summed E-state index contributed by atoms with van der Waals surface area (Å²) in [5, 5.41) is 3.71. The van der Waals surface area contributed by atoms with Crippen molar-refractivity contribution in [1.29, 1.82) is 0 Å². The molecule has 0 aliphatic carbocycles. The van der Waals surface area contributed by atoms with Crippen LogP contribution in [0.15, 0.2) is 16.7 Å². The van der Waals surface area contributed by atoms with E-state index in [1.807, 2.05) is 0 Å². The number of fused-ring (bicyclic) bond motifs is 1. The van der Waals surface area contributed by atoms with Crippen molar-refractivity contribution in [1.82, 2.24) is 19.7 Å². The number of aryl methyl sites for hydroxylation is 1. The van der Waals surface area contributed by atoms with Crippen LogP contribution in [0.5, 0.6) is 0 Å². The minimum Gasteiger partial charge on any atom is -0.340 e. The highest BCUT2D eigenvalue weighted by Crippen LogP contribution is 2.21. The van der Waals surface area contributed by atoms with Crippen LogP contribution in [0.2, 0.25) is 0 Å². The standard InChI is InChI=1S/C11H8F2N4OS/c1-5-14-8(16-18-5)4-17-10-7(15-11(17)19)3-2-6(12)9(10)13/h2-3H,4H2,1H3,(H,15,19). The summed E-state index contributed by atoms with van der Waals surface area (Å²) in [7, 11) is 0. The van der Waals surface area contributed by atoms with Crippen molar-refractivity contribution in [3.63, 3.8) is 0 Å². The van der Waals surface area contributed by atoms with Gasteiger partial charge in [-0.2, -0.15) is 4.98 Å². The Bertz CT molecular complexity index is 820. The second-order valence-electron chi connectivity index (χ2n) is 4.00. The largest absolute Gasteiger partial charge is 0.340 e. The van der Waals surface area contributed by atoms with E-state index in [-0.39, 0.29) is 16.8 Å². The zero-order valence-corrected chi connectivity index (χ0v) is 10.6. The monoisotopic (exact) mass is 282 g/mol. The molecule has 98 valence electrons. The van der Waals surface area contributed by atoms with E-state index in [1.165, 1.54) is 10.6 Å². The van der Waals surface area contributed by atoms with Crippen molar-refractivity contribution in [2.24, 2.45) is 0 Å². The molecule has 2 heterocycles. The Morgan fingerprint density at radius 3 is 2.89 bits per heavy atom. The summed E-state index contributed by atoms with van der Waals surface area (Å²) in [6, 6.07) is 2.48. The Labute approximate surface area is 110 Å². The first-order valence-corrected chi connectivity index (χ1v) is 5.83. The van der Waals surface area contributed by atoms with E-state index in [2.05, 4.69) is 15.1 Å².